The summed E-state index contributed by atoms with van der Waals surface area (Å²) in [5.74, 6) is 0.415. The first-order valence-electron chi connectivity index (χ1n) is 4.09. The summed E-state index contributed by atoms with van der Waals surface area (Å²) >= 11 is 0. The van der Waals surface area contributed by atoms with Crippen LogP contribution < -0.4 is 0 Å². The average Bonchev–Trinajstić information content (AvgIpc) is 2.69. The Labute approximate surface area is 82.8 Å². The van der Waals surface area contributed by atoms with Gasteiger partial charge in [-0.3, -0.25) is 5.10 Å². The molecule has 0 spiro atoms. The van der Waals surface area contributed by atoms with Gasteiger partial charge < -0.3 is 4.57 Å². The van der Waals surface area contributed by atoms with E-state index in [0.717, 1.165) is 6.07 Å². The summed E-state index contributed by atoms with van der Waals surface area (Å²) in [6.07, 6.45) is -1.28. The minimum absolute atomic E-state index is 0.245. The molecule has 2 aromatic heterocycles. The molecular formula is C8H7F3N4. The molecule has 0 saturated heterocycles. The van der Waals surface area contributed by atoms with Gasteiger partial charge in [-0.1, -0.05) is 0 Å². The number of H-pyrrole nitrogens is 1. The predicted octanol–water partition coefficient (Wildman–Crippen LogP) is 1.83. The maximum Gasteiger partial charge on any atom is 0.435 e. The van der Waals surface area contributed by atoms with Crippen LogP contribution in [0, 0.1) is 0 Å². The average molecular weight is 216 g/mol. The SMILES string of the molecule is Cn1ccnc1-c1cc(C(F)(F)F)n[nH]1. The third-order valence-corrected chi connectivity index (χ3v) is 1.93. The number of imidazole rings is 1. The van der Waals surface area contributed by atoms with Gasteiger partial charge in [-0.05, 0) is 6.07 Å². The number of rotatable bonds is 1. The Balaban J connectivity index is 2.41. The fraction of sp³-hybridized carbons (Fsp3) is 0.250. The first-order chi connectivity index (χ1) is 6.98. The molecule has 7 heteroatoms. The van der Waals surface area contributed by atoms with E-state index in [-0.39, 0.29) is 5.69 Å². The highest BCUT2D eigenvalue weighted by Crippen LogP contribution is 2.29. The lowest BCUT2D eigenvalue weighted by molar-refractivity contribution is -0.141. The zero-order valence-corrected chi connectivity index (χ0v) is 7.71. The van der Waals surface area contributed by atoms with E-state index in [1.54, 1.807) is 17.8 Å². The van der Waals surface area contributed by atoms with Crippen LogP contribution in [-0.2, 0) is 13.2 Å². The van der Waals surface area contributed by atoms with Crippen LogP contribution in [0.2, 0.25) is 0 Å². The van der Waals surface area contributed by atoms with Gasteiger partial charge in [-0.25, -0.2) is 4.98 Å². The van der Waals surface area contributed by atoms with Crippen LogP contribution in [0.5, 0.6) is 0 Å². The molecule has 0 fully saturated rings. The molecule has 0 aliphatic rings. The number of hydrogen-bond donors (Lipinski definition) is 1. The number of nitrogens with one attached hydrogen (secondary N) is 1. The Kier molecular flexibility index (Phi) is 2.02. The van der Waals surface area contributed by atoms with Crippen LogP contribution in [0.3, 0.4) is 0 Å². The van der Waals surface area contributed by atoms with E-state index in [0.29, 0.717) is 5.82 Å². The van der Waals surface area contributed by atoms with Gasteiger partial charge in [-0.15, -0.1) is 0 Å². The van der Waals surface area contributed by atoms with Gasteiger partial charge in [0.15, 0.2) is 11.5 Å². The quantitative estimate of drug-likeness (QED) is 0.790. The normalized spacial score (nSPS) is 12.0. The fourth-order valence-corrected chi connectivity index (χ4v) is 1.21. The second-order valence-corrected chi connectivity index (χ2v) is 3.03. The summed E-state index contributed by atoms with van der Waals surface area (Å²) in [6.45, 7) is 0. The smallest absolute Gasteiger partial charge is 0.333 e. The van der Waals surface area contributed by atoms with Gasteiger partial charge in [0.25, 0.3) is 0 Å². The van der Waals surface area contributed by atoms with E-state index in [1.807, 2.05) is 0 Å². The van der Waals surface area contributed by atoms with Gasteiger partial charge in [0.1, 0.15) is 5.69 Å². The second kappa shape index (κ2) is 3.11. The lowest BCUT2D eigenvalue weighted by Crippen LogP contribution is -2.04. The van der Waals surface area contributed by atoms with Crippen molar-refractivity contribution in [2.45, 2.75) is 6.18 Å². The van der Waals surface area contributed by atoms with Crippen LogP contribution in [0.4, 0.5) is 13.2 Å². The van der Waals surface area contributed by atoms with E-state index in [2.05, 4.69) is 15.2 Å². The Morgan fingerprint density at radius 3 is 2.60 bits per heavy atom. The molecule has 0 radical (unpaired) electrons. The third-order valence-electron chi connectivity index (χ3n) is 1.93. The number of hydrogen-bond acceptors (Lipinski definition) is 2. The Morgan fingerprint density at radius 2 is 2.13 bits per heavy atom. The number of aromatic amines is 1. The first kappa shape index (κ1) is 9.75. The molecule has 0 bridgehead atoms. The number of aryl methyl sites for hydroxylation is 1. The molecule has 0 atom stereocenters. The van der Waals surface area contributed by atoms with Crippen molar-refractivity contribution in [3.8, 4) is 11.5 Å². The van der Waals surface area contributed by atoms with Crippen LogP contribution in [0.25, 0.3) is 11.5 Å². The van der Waals surface area contributed by atoms with E-state index in [9.17, 15) is 13.2 Å². The van der Waals surface area contributed by atoms with Crippen molar-refractivity contribution in [2.75, 3.05) is 0 Å². The third kappa shape index (κ3) is 1.72. The highest BCUT2D eigenvalue weighted by Gasteiger charge is 2.34. The van der Waals surface area contributed by atoms with Gasteiger partial charge in [0.05, 0.1) is 0 Å². The minimum Gasteiger partial charge on any atom is -0.333 e. The van der Waals surface area contributed by atoms with E-state index < -0.39 is 11.9 Å². The molecule has 1 N–H and O–H groups in total. The molecule has 2 heterocycles. The Hall–Kier alpha value is -1.79. The Bertz CT molecular complexity index is 468. The van der Waals surface area contributed by atoms with Crippen LogP contribution in [0.15, 0.2) is 18.5 Å². The summed E-state index contributed by atoms with van der Waals surface area (Å²) in [5, 5.41) is 5.48. The predicted molar refractivity (Wildman–Crippen MR) is 45.8 cm³/mol. The second-order valence-electron chi connectivity index (χ2n) is 3.03. The maximum absolute atomic E-state index is 12.2. The first-order valence-corrected chi connectivity index (χ1v) is 4.09. The molecule has 2 aromatic rings. The van der Waals surface area contributed by atoms with Crippen molar-refractivity contribution < 1.29 is 13.2 Å². The van der Waals surface area contributed by atoms with Gasteiger partial charge >= 0.3 is 6.18 Å². The van der Waals surface area contributed by atoms with E-state index >= 15 is 0 Å². The molecule has 0 saturated carbocycles. The van der Waals surface area contributed by atoms with Crippen molar-refractivity contribution in [2.24, 2.45) is 7.05 Å². The van der Waals surface area contributed by atoms with Crippen LogP contribution >= 0.6 is 0 Å². The molecule has 0 aliphatic carbocycles. The molecule has 4 nitrogen and oxygen atoms in total. The summed E-state index contributed by atoms with van der Waals surface area (Å²) in [5.41, 5.74) is -0.699. The Morgan fingerprint density at radius 1 is 1.40 bits per heavy atom. The maximum atomic E-state index is 12.2. The molecule has 0 aromatic carbocycles. The molecule has 2 rings (SSSR count). The monoisotopic (exact) mass is 216 g/mol. The van der Waals surface area contributed by atoms with Crippen molar-refractivity contribution in [3.63, 3.8) is 0 Å². The number of alkyl halides is 3. The highest BCUT2D eigenvalue weighted by atomic mass is 19.4. The largest absolute Gasteiger partial charge is 0.435 e. The summed E-state index contributed by atoms with van der Waals surface area (Å²) in [7, 11) is 1.69. The van der Waals surface area contributed by atoms with E-state index in [4.69, 9.17) is 0 Å². The molecule has 80 valence electrons. The van der Waals surface area contributed by atoms with Gasteiger partial charge in [-0.2, -0.15) is 18.3 Å². The fourth-order valence-electron chi connectivity index (χ4n) is 1.21. The molecule has 0 aliphatic heterocycles. The lowest BCUT2D eigenvalue weighted by Gasteiger charge is -1.99. The zero-order valence-electron chi connectivity index (χ0n) is 7.71. The minimum atomic E-state index is -4.43. The zero-order chi connectivity index (χ0) is 11.1. The van der Waals surface area contributed by atoms with E-state index in [1.165, 1.54) is 6.20 Å². The molecule has 15 heavy (non-hydrogen) atoms. The molecule has 0 amide bonds. The van der Waals surface area contributed by atoms with Gasteiger partial charge in [0.2, 0.25) is 0 Å². The van der Waals surface area contributed by atoms with Crippen LogP contribution in [0.1, 0.15) is 5.69 Å². The standard InChI is InChI=1S/C8H7F3N4/c1-15-3-2-12-7(15)5-4-6(14-13-5)8(9,10)11/h2-4H,1H3,(H,13,14). The summed E-state index contributed by atoms with van der Waals surface area (Å²) < 4.78 is 38.3. The van der Waals surface area contributed by atoms with Crippen molar-refractivity contribution in [1.29, 1.82) is 0 Å². The summed E-state index contributed by atoms with van der Waals surface area (Å²) in [6, 6.07) is 0.933. The van der Waals surface area contributed by atoms with Crippen molar-refractivity contribution in [1.82, 2.24) is 19.7 Å². The van der Waals surface area contributed by atoms with Gasteiger partial charge in [0, 0.05) is 19.4 Å². The van der Waals surface area contributed by atoms with Crippen LogP contribution in [-0.4, -0.2) is 19.7 Å². The van der Waals surface area contributed by atoms with Crippen molar-refractivity contribution >= 4 is 0 Å². The number of halogens is 3. The topological polar surface area (TPSA) is 46.5 Å². The van der Waals surface area contributed by atoms with Crippen molar-refractivity contribution in [3.05, 3.63) is 24.2 Å². The lowest BCUT2D eigenvalue weighted by atomic mass is 10.3. The number of aromatic nitrogens is 4. The molecular weight excluding hydrogens is 209 g/mol. The summed E-state index contributed by atoms with van der Waals surface area (Å²) in [4.78, 5) is 3.91. The highest BCUT2D eigenvalue weighted by molar-refractivity contribution is 5.50. The molecule has 0 unspecified atom stereocenters. The number of nitrogens with zero attached hydrogens (tertiary/aromatic N) is 3.